The Hall–Kier alpha value is -0.120. The highest BCUT2D eigenvalue weighted by Crippen LogP contribution is 2.18. The third kappa shape index (κ3) is 1.97. The van der Waals surface area contributed by atoms with Crippen molar-refractivity contribution >= 4 is 0 Å². The van der Waals surface area contributed by atoms with Crippen molar-refractivity contribution in [1.82, 2.24) is 4.90 Å². The summed E-state index contributed by atoms with van der Waals surface area (Å²) in [7, 11) is 0. The van der Waals surface area contributed by atoms with Crippen LogP contribution in [0.2, 0.25) is 0 Å². The number of likely N-dealkylation sites (tertiary alicyclic amines) is 1. The Morgan fingerprint density at radius 2 is 1.92 bits per heavy atom. The minimum Gasteiger partial charge on any atom is -0.390 e. The van der Waals surface area contributed by atoms with Gasteiger partial charge >= 0.3 is 0 Å². The Balaban J connectivity index is 1.65. The van der Waals surface area contributed by atoms with Crippen molar-refractivity contribution in [3.05, 3.63) is 0 Å². The fourth-order valence-corrected chi connectivity index (χ4v) is 1.99. The Labute approximate surface area is 73.3 Å². The third-order valence-electron chi connectivity index (χ3n) is 2.80. The van der Waals surface area contributed by atoms with Gasteiger partial charge in [-0.2, -0.15) is 0 Å². The molecule has 1 N–H and O–H groups in total. The van der Waals surface area contributed by atoms with E-state index in [-0.39, 0.29) is 6.10 Å². The summed E-state index contributed by atoms with van der Waals surface area (Å²) < 4.78 is 5.29. The van der Waals surface area contributed by atoms with Crippen LogP contribution < -0.4 is 0 Å². The van der Waals surface area contributed by atoms with Crippen LogP contribution in [0.15, 0.2) is 0 Å². The van der Waals surface area contributed by atoms with Crippen LogP contribution in [0.5, 0.6) is 0 Å². The zero-order valence-electron chi connectivity index (χ0n) is 7.41. The Morgan fingerprint density at radius 3 is 2.50 bits per heavy atom. The lowest BCUT2D eigenvalue weighted by molar-refractivity contribution is -0.0214. The first-order valence-corrected chi connectivity index (χ1v) is 4.83. The summed E-state index contributed by atoms with van der Waals surface area (Å²) in [6.07, 6.45) is 2.35. The predicted molar refractivity (Wildman–Crippen MR) is 46.0 cm³/mol. The van der Waals surface area contributed by atoms with Crippen molar-refractivity contribution in [1.29, 1.82) is 0 Å². The zero-order chi connectivity index (χ0) is 8.39. The van der Waals surface area contributed by atoms with Crippen LogP contribution in [-0.4, -0.2) is 49.0 Å². The van der Waals surface area contributed by atoms with Crippen LogP contribution in [-0.2, 0) is 4.74 Å². The monoisotopic (exact) mass is 171 g/mol. The molecule has 2 aliphatic rings. The highest BCUT2D eigenvalue weighted by molar-refractivity contribution is 4.81. The van der Waals surface area contributed by atoms with Gasteiger partial charge in [-0.1, -0.05) is 0 Å². The second kappa shape index (κ2) is 3.73. The van der Waals surface area contributed by atoms with E-state index in [1.54, 1.807) is 0 Å². The van der Waals surface area contributed by atoms with Gasteiger partial charge in [-0.3, -0.25) is 4.90 Å². The molecule has 0 aromatic carbocycles. The first-order chi connectivity index (χ1) is 5.84. The van der Waals surface area contributed by atoms with E-state index in [1.165, 1.54) is 19.4 Å². The molecule has 3 nitrogen and oxygen atoms in total. The topological polar surface area (TPSA) is 32.7 Å². The van der Waals surface area contributed by atoms with Crippen LogP contribution in [0.4, 0.5) is 0 Å². The molecule has 0 radical (unpaired) electrons. The lowest BCUT2D eigenvalue weighted by Gasteiger charge is -2.39. The summed E-state index contributed by atoms with van der Waals surface area (Å²) in [6.45, 7) is 4.80. The van der Waals surface area contributed by atoms with E-state index in [9.17, 15) is 0 Å². The molecule has 0 aromatic rings. The van der Waals surface area contributed by atoms with E-state index in [1.807, 2.05) is 0 Å². The van der Waals surface area contributed by atoms with Crippen molar-refractivity contribution < 1.29 is 9.84 Å². The van der Waals surface area contributed by atoms with Gasteiger partial charge in [-0.15, -0.1) is 0 Å². The molecule has 70 valence electrons. The quantitative estimate of drug-likeness (QED) is 0.639. The van der Waals surface area contributed by atoms with E-state index in [0.29, 0.717) is 0 Å². The molecule has 12 heavy (non-hydrogen) atoms. The number of ether oxygens (including phenoxy) is 1. The summed E-state index contributed by atoms with van der Waals surface area (Å²) in [4.78, 5) is 2.33. The predicted octanol–water partition coefficient (Wildman–Crippen LogP) is 0.0895. The second-order valence-electron chi connectivity index (χ2n) is 3.93. The van der Waals surface area contributed by atoms with Crippen LogP contribution in [0.1, 0.15) is 12.8 Å². The minimum absolute atomic E-state index is 0.0511. The number of aliphatic hydroxyl groups excluding tert-OH is 1. The van der Waals surface area contributed by atoms with Gasteiger partial charge in [0.1, 0.15) is 0 Å². The molecule has 0 bridgehead atoms. The molecule has 2 saturated heterocycles. The third-order valence-corrected chi connectivity index (χ3v) is 2.80. The van der Waals surface area contributed by atoms with E-state index < -0.39 is 0 Å². The molecule has 0 aromatic heterocycles. The molecular weight excluding hydrogens is 154 g/mol. The standard InChI is InChI=1S/C9H17NO2/c11-9-6-10(7-9)5-8-1-3-12-4-2-8/h8-9,11H,1-7H2. The van der Waals surface area contributed by atoms with Gasteiger partial charge in [0.15, 0.2) is 0 Å². The van der Waals surface area contributed by atoms with Crippen molar-refractivity contribution in [2.45, 2.75) is 18.9 Å². The van der Waals surface area contributed by atoms with Gasteiger partial charge in [-0.25, -0.2) is 0 Å². The summed E-state index contributed by atoms with van der Waals surface area (Å²) in [5.74, 6) is 0.811. The van der Waals surface area contributed by atoms with Gasteiger partial charge in [0.2, 0.25) is 0 Å². The molecule has 2 fully saturated rings. The molecule has 2 aliphatic heterocycles. The molecule has 0 amide bonds. The summed E-state index contributed by atoms with van der Waals surface area (Å²) in [5.41, 5.74) is 0. The van der Waals surface area contributed by atoms with E-state index in [0.717, 1.165) is 32.2 Å². The van der Waals surface area contributed by atoms with Crippen LogP contribution in [0.25, 0.3) is 0 Å². The molecular formula is C9H17NO2. The Morgan fingerprint density at radius 1 is 1.25 bits per heavy atom. The number of rotatable bonds is 2. The second-order valence-corrected chi connectivity index (χ2v) is 3.93. The number of β-amino-alcohol motifs (C(OH)–C–C–N with tert-alkyl or cyclic N) is 1. The summed E-state index contributed by atoms with van der Waals surface area (Å²) in [6, 6.07) is 0. The minimum atomic E-state index is -0.0511. The van der Waals surface area contributed by atoms with E-state index in [4.69, 9.17) is 9.84 Å². The first kappa shape index (κ1) is 8.48. The summed E-state index contributed by atoms with van der Waals surface area (Å²) in [5, 5.41) is 9.08. The largest absolute Gasteiger partial charge is 0.390 e. The maximum atomic E-state index is 9.08. The van der Waals surface area contributed by atoms with Crippen molar-refractivity contribution in [2.75, 3.05) is 32.8 Å². The Kier molecular flexibility index (Phi) is 2.63. The lowest BCUT2D eigenvalue weighted by Crippen LogP contribution is -2.52. The van der Waals surface area contributed by atoms with Gasteiger partial charge < -0.3 is 9.84 Å². The van der Waals surface area contributed by atoms with Crippen LogP contribution in [0, 0.1) is 5.92 Å². The molecule has 2 heterocycles. The SMILES string of the molecule is OC1CN(CC2CCOCC2)C1. The van der Waals surface area contributed by atoms with Crippen molar-refractivity contribution in [3.63, 3.8) is 0 Å². The molecule has 0 aliphatic carbocycles. The van der Waals surface area contributed by atoms with Gasteiger partial charge in [0.05, 0.1) is 6.10 Å². The van der Waals surface area contributed by atoms with E-state index >= 15 is 0 Å². The average molecular weight is 171 g/mol. The Bertz CT molecular complexity index is 139. The van der Waals surface area contributed by atoms with Crippen LogP contribution in [0.3, 0.4) is 0 Å². The first-order valence-electron chi connectivity index (χ1n) is 4.83. The highest BCUT2D eigenvalue weighted by Gasteiger charge is 2.27. The number of hydrogen-bond acceptors (Lipinski definition) is 3. The fraction of sp³-hybridized carbons (Fsp3) is 1.00. The van der Waals surface area contributed by atoms with Crippen molar-refractivity contribution in [3.8, 4) is 0 Å². The molecule has 3 heteroatoms. The number of aliphatic hydroxyl groups is 1. The van der Waals surface area contributed by atoms with Gasteiger partial charge in [-0.05, 0) is 18.8 Å². The highest BCUT2D eigenvalue weighted by atomic mass is 16.5. The summed E-state index contributed by atoms with van der Waals surface area (Å²) >= 11 is 0. The van der Waals surface area contributed by atoms with E-state index in [2.05, 4.69) is 4.90 Å². The maximum Gasteiger partial charge on any atom is 0.0793 e. The smallest absolute Gasteiger partial charge is 0.0793 e. The molecule has 0 unspecified atom stereocenters. The molecule has 0 saturated carbocycles. The normalized spacial score (nSPS) is 28.8. The van der Waals surface area contributed by atoms with Gasteiger partial charge in [0, 0.05) is 32.8 Å². The maximum absolute atomic E-state index is 9.08. The average Bonchev–Trinajstić information content (AvgIpc) is 2.04. The zero-order valence-corrected chi connectivity index (χ0v) is 7.41. The molecule has 2 rings (SSSR count). The molecule has 0 spiro atoms. The lowest BCUT2D eigenvalue weighted by atomic mass is 9.98. The molecule has 0 atom stereocenters. The van der Waals surface area contributed by atoms with Gasteiger partial charge in [0.25, 0.3) is 0 Å². The number of nitrogens with zero attached hydrogens (tertiary/aromatic N) is 1. The van der Waals surface area contributed by atoms with Crippen LogP contribution >= 0.6 is 0 Å². The van der Waals surface area contributed by atoms with Crippen molar-refractivity contribution in [2.24, 2.45) is 5.92 Å². The number of hydrogen-bond donors (Lipinski definition) is 1. The fourth-order valence-electron chi connectivity index (χ4n) is 1.99.